The van der Waals surface area contributed by atoms with Gasteiger partial charge in [0.05, 0.1) is 32.7 Å². The van der Waals surface area contributed by atoms with Gasteiger partial charge >= 0.3 is 11.9 Å². The Bertz CT molecular complexity index is 1800. The number of carboxylic acids is 1. The molecule has 1 fully saturated rings. The summed E-state index contributed by atoms with van der Waals surface area (Å²) in [5.74, 6) is -1.65. The number of benzene rings is 2. The van der Waals surface area contributed by atoms with E-state index in [0.717, 1.165) is 0 Å². The van der Waals surface area contributed by atoms with Gasteiger partial charge in [-0.1, -0.05) is 41.5 Å². The molecule has 0 unspecified atom stereocenters. The molecule has 1 aliphatic rings. The highest BCUT2D eigenvalue weighted by Gasteiger charge is 2.32. The molecule has 0 spiro atoms. The van der Waals surface area contributed by atoms with Crippen LogP contribution in [0.2, 0.25) is 0 Å². The van der Waals surface area contributed by atoms with Gasteiger partial charge in [0, 0.05) is 66.8 Å². The molecule has 3 N–H and O–H groups in total. The third-order valence-corrected chi connectivity index (χ3v) is 7.95. The molecule has 0 aliphatic carbocycles. The zero-order valence-electron chi connectivity index (χ0n) is 34.3. The van der Waals surface area contributed by atoms with E-state index >= 15 is 0 Å². The van der Waals surface area contributed by atoms with Crippen LogP contribution < -0.4 is 9.47 Å². The standard InChI is InChI=1S/C23H30N2O7.C19H27NO5/c1-15(24-14-16(26)13-23(2,3)4)18-8-7-17(12-19(18)27)31-11-5-6-22(30)32-25-20(28)9-10-21(25)29;1-13(20-12-14(21)11-19(2,3)4)16-8-7-15(10-17(16)22)25-9-5-6-18(23)24/h7-8,12,27H,5-6,9-11,13-14H2,1-4H3;7-8,10,22H,5-6,9,11-12H2,1-4H3,(H,23,24). The smallest absolute Gasteiger partial charge is 0.333 e. The quantitative estimate of drug-likeness (QED) is 0.0797. The van der Waals surface area contributed by atoms with Gasteiger partial charge in [-0.05, 0) is 61.8 Å². The molecule has 57 heavy (non-hydrogen) atoms. The number of ketones is 2. The van der Waals surface area contributed by atoms with Gasteiger partial charge in [0.1, 0.15) is 23.0 Å². The molecule has 3 rings (SSSR count). The molecule has 1 aliphatic heterocycles. The lowest BCUT2D eigenvalue weighted by Crippen LogP contribution is -2.32. The van der Waals surface area contributed by atoms with Crippen LogP contribution in [0.25, 0.3) is 0 Å². The average Bonchev–Trinajstić information content (AvgIpc) is 3.41. The molecule has 2 aromatic rings. The van der Waals surface area contributed by atoms with E-state index in [-0.39, 0.29) is 85.9 Å². The van der Waals surface area contributed by atoms with Crippen molar-refractivity contribution in [1.82, 2.24) is 5.06 Å². The zero-order chi connectivity index (χ0) is 42.9. The highest BCUT2D eigenvalue weighted by molar-refractivity contribution is 6.03. The van der Waals surface area contributed by atoms with E-state index < -0.39 is 23.8 Å². The second-order valence-corrected chi connectivity index (χ2v) is 16.1. The summed E-state index contributed by atoms with van der Waals surface area (Å²) in [6, 6.07) is 9.57. The van der Waals surface area contributed by atoms with Crippen LogP contribution in [0.15, 0.2) is 46.4 Å². The number of ether oxygens (including phenoxy) is 2. The number of rotatable bonds is 19. The second kappa shape index (κ2) is 22.2. The first-order chi connectivity index (χ1) is 26.5. The van der Waals surface area contributed by atoms with Crippen molar-refractivity contribution in [3.63, 3.8) is 0 Å². The summed E-state index contributed by atoms with van der Waals surface area (Å²) < 4.78 is 10.9. The summed E-state index contributed by atoms with van der Waals surface area (Å²) in [4.78, 5) is 82.3. The van der Waals surface area contributed by atoms with Crippen LogP contribution in [0.1, 0.15) is 118 Å². The molecule has 2 aromatic carbocycles. The Labute approximate surface area is 334 Å². The number of hydrogen-bond acceptors (Lipinski definition) is 13. The number of phenols is 2. The van der Waals surface area contributed by atoms with Gasteiger partial charge < -0.3 is 29.6 Å². The van der Waals surface area contributed by atoms with Gasteiger partial charge in [0.15, 0.2) is 11.6 Å². The number of hydroxylamine groups is 2. The van der Waals surface area contributed by atoms with Crippen LogP contribution in [-0.4, -0.2) is 93.4 Å². The molecular formula is C42H57N3O12. The van der Waals surface area contributed by atoms with E-state index in [0.29, 0.717) is 64.8 Å². The number of carbonyl (C=O) groups excluding carboxylic acids is 5. The van der Waals surface area contributed by atoms with Crippen LogP contribution in [0.4, 0.5) is 0 Å². The van der Waals surface area contributed by atoms with E-state index in [2.05, 4.69) is 9.98 Å². The molecule has 1 heterocycles. The number of nitrogens with zero attached hydrogens (tertiary/aromatic N) is 3. The van der Waals surface area contributed by atoms with E-state index in [1.165, 1.54) is 12.1 Å². The summed E-state index contributed by atoms with van der Waals surface area (Å²) >= 11 is 0. The van der Waals surface area contributed by atoms with Crippen LogP contribution in [0, 0.1) is 10.8 Å². The normalized spacial score (nSPS) is 13.5. The number of aliphatic imine (C=N–C) groups is 2. The van der Waals surface area contributed by atoms with Crippen molar-refractivity contribution in [1.29, 1.82) is 0 Å². The maximum Gasteiger partial charge on any atom is 0.333 e. The molecule has 312 valence electrons. The Balaban J connectivity index is 0.000000406. The number of hydrogen-bond donors (Lipinski definition) is 3. The lowest BCUT2D eigenvalue weighted by Gasteiger charge is -2.16. The number of carbonyl (C=O) groups is 6. The largest absolute Gasteiger partial charge is 0.507 e. The first-order valence-corrected chi connectivity index (χ1v) is 18.8. The molecule has 15 nitrogen and oxygen atoms in total. The molecule has 15 heteroatoms. The van der Waals surface area contributed by atoms with E-state index in [9.17, 15) is 39.0 Å². The fourth-order valence-electron chi connectivity index (χ4n) is 5.32. The van der Waals surface area contributed by atoms with Gasteiger partial charge in [-0.3, -0.25) is 34.0 Å². The Morgan fingerprint density at radius 3 is 1.46 bits per heavy atom. The minimum absolute atomic E-state index is 0.0141. The highest BCUT2D eigenvalue weighted by atomic mass is 16.7. The summed E-state index contributed by atoms with van der Waals surface area (Å²) in [7, 11) is 0. The molecule has 0 atom stereocenters. The van der Waals surface area contributed by atoms with Crippen molar-refractivity contribution >= 4 is 46.7 Å². The lowest BCUT2D eigenvalue weighted by molar-refractivity contribution is -0.197. The first-order valence-electron chi connectivity index (χ1n) is 18.8. The Kier molecular flexibility index (Phi) is 18.5. The zero-order valence-corrected chi connectivity index (χ0v) is 34.3. The Hall–Kier alpha value is -5.60. The SMILES string of the molecule is CC(=NCC(=O)CC(C)(C)C)c1ccc(OCCCC(=O)O)cc1O.CC(=NCC(=O)CC(C)(C)C)c1ccc(OCCCC(=O)ON2C(=O)CCC2=O)cc1O. The summed E-state index contributed by atoms with van der Waals surface area (Å²) in [6.45, 7) is 16.0. The highest BCUT2D eigenvalue weighted by Crippen LogP contribution is 2.26. The fraction of sp³-hybridized carbons (Fsp3) is 0.524. The topological polar surface area (TPSA) is 219 Å². The number of aliphatic carboxylic acids is 1. The molecule has 0 saturated carbocycles. The number of amides is 2. The summed E-state index contributed by atoms with van der Waals surface area (Å²) in [6.07, 6.45) is 1.69. The van der Waals surface area contributed by atoms with Gasteiger partial charge in [0.2, 0.25) is 0 Å². The monoisotopic (exact) mass is 795 g/mol. The van der Waals surface area contributed by atoms with Crippen molar-refractivity contribution in [3.05, 3.63) is 47.5 Å². The number of aromatic hydroxyl groups is 2. The number of phenolic OH excluding ortho intramolecular Hbond substituents is 2. The summed E-state index contributed by atoms with van der Waals surface area (Å²) in [5, 5.41) is 29.5. The van der Waals surface area contributed by atoms with Crippen molar-refractivity contribution in [2.75, 3.05) is 26.3 Å². The number of carboxylic acid groups (broad SMARTS) is 1. The van der Waals surface area contributed by atoms with E-state index in [1.54, 1.807) is 38.1 Å². The third kappa shape index (κ3) is 18.7. The van der Waals surface area contributed by atoms with Crippen LogP contribution in [0.5, 0.6) is 23.0 Å². The first kappa shape index (κ1) is 47.6. The van der Waals surface area contributed by atoms with Crippen LogP contribution >= 0.6 is 0 Å². The van der Waals surface area contributed by atoms with Gasteiger partial charge in [-0.2, -0.15) is 0 Å². The Morgan fingerprint density at radius 2 is 1.09 bits per heavy atom. The maximum absolute atomic E-state index is 12.0. The van der Waals surface area contributed by atoms with Crippen molar-refractivity contribution in [3.8, 4) is 23.0 Å². The molecule has 1 saturated heterocycles. The minimum atomic E-state index is -0.866. The van der Waals surface area contributed by atoms with Crippen molar-refractivity contribution in [2.45, 2.75) is 107 Å². The summed E-state index contributed by atoms with van der Waals surface area (Å²) in [5.41, 5.74) is 2.01. The van der Waals surface area contributed by atoms with Crippen molar-refractivity contribution in [2.24, 2.45) is 20.8 Å². The lowest BCUT2D eigenvalue weighted by atomic mass is 9.90. The predicted octanol–water partition coefficient (Wildman–Crippen LogP) is 6.42. The number of Topliss-reactive ketones (excluding diaryl/α,β-unsaturated/α-hetero) is 2. The maximum atomic E-state index is 12.0. The number of imide groups is 1. The van der Waals surface area contributed by atoms with Gasteiger partial charge in [-0.25, -0.2) is 4.79 Å². The van der Waals surface area contributed by atoms with Gasteiger partial charge in [-0.15, -0.1) is 5.06 Å². The second-order valence-electron chi connectivity index (χ2n) is 16.1. The molecule has 0 aromatic heterocycles. The van der Waals surface area contributed by atoms with Crippen molar-refractivity contribution < 1.29 is 58.4 Å². The van der Waals surface area contributed by atoms with E-state index in [1.807, 2.05) is 41.5 Å². The predicted molar refractivity (Wildman–Crippen MR) is 213 cm³/mol. The fourth-order valence-corrected chi connectivity index (χ4v) is 5.32. The van der Waals surface area contributed by atoms with Gasteiger partial charge in [0.25, 0.3) is 11.8 Å². The molecular weight excluding hydrogens is 738 g/mol. The van der Waals surface area contributed by atoms with E-state index in [4.69, 9.17) is 19.4 Å². The molecule has 0 bridgehead atoms. The average molecular weight is 796 g/mol. The molecule has 2 amide bonds. The third-order valence-electron chi connectivity index (χ3n) is 7.95. The minimum Gasteiger partial charge on any atom is -0.507 e. The van der Waals surface area contributed by atoms with Crippen LogP contribution in [-0.2, 0) is 33.6 Å². The Morgan fingerprint density at radius 1 is 0.684 bits per heavy atom. The molecule has 0 radical (unpaired) electrons. The van der Waals surface area contributed by atoms with Crippen LogP contribution in [0.3, 0.4) is 0 Å².